The van der Waals surface area contributed by atoms with Crippen molar-refractivity contribution in [3.63, 3.8) is 0 Å². The van der Waals surface area contributed by atoms with Gasteiger partial charge in [0, 0.05) is 105 Å². The van der Waals surface area contributed by atoms with Crippen molar-refractivity contribution in [2.75, 3.05) is 60.5 Å². The van der Waals surface area contributed by atoms with Crippen molar-refractivity contribution < 1.29 is 34.2 Å². The van der Waals surface area contributed by atoms with Crippen molar-refractivity contribution in [3.8, 4) is 34.2 Å². The molecule has 9 aromatic heterocycles. The lowest BCUT2D eigenvalue weighted by molar-refractivity contribution is -0.122. The topological polar surface area (TPSA) is 271 Å². The number of anilines is 3. The summed E-state index contributed by atoms with van der Waals surface area (Å²) in [6.07, 6.45) is 10.7. The normalized spacial score (nSPS) is 17.7. The molecule has 0 spiro atoms. The molecule has 0 saturated carbocycles. The monoisotopic (exact) mass is 1130 g/mol. The molecule has 8 N–H and O–H groups in total. The van der Waals surface area contributed by atoms with Crippen molar-refractivity contribution in [2.24, 2.45) is 29.2 Å². The summed E-state index contributed by atoms with van der Waals surface area (Å²) in [7, 11) is 0. The molecule has 3 fully saturated rings. The first kappa shape index (κ1) is 54.6. The fraction of sp³-hybridized carbons (Fsp3) is 0.305. The molecule has 4 atom stereocenters. The van der Waals surface area contributed by atoms with Crippen LogP contribution in [-0.2, 0) is 9.59 Å². The van der Waals surface area contributed by atoms with Crippen LogP contribution < -0.4 is 31.5 Å². The van der Waals surface area contributed by atoms with Gasteiger partial charge in [0.05, 0.1) is 23.0 Å². The highest BCUT2D eigenvalue weighted by atomic mass is 19.1. The molecular formula is C59H77F3N18O2. The van der Waals surface area contributed by atoms with Gasteiger partial charge < -0.3 is 31.5 Å². The highest BCUT2D eigenvalue weighted by Crippen LogP contribution is 2.35. The highest BCUT2D eigenvalue weighted by Gasteiger charge is 2.29. The van der Waals surface area contributed by atoms with Gasteiger partial charge in [-0.05, 0) is 129 Å². The Hall–Kier alpha value is -9.38. The molecule has 1 aromatic carbocycles. The number of nitrogens with one attached hydrogen (secondary N) is 4. The Balaban J connectivity index is 0.000000339. The van der Waals surface area contributed by atoms with Crippen LogP contribution in [0.5, 0.6) is 0 Å². The molecule has 2 amide bonds. The van der Waals surface area contributed by atoms with Crippen LogP contribution >= 0.6 is 0 Å². The molecule has 12 heterocycles. The van der Waals surface area contributed by atoms with Crippen molar-refractivity contribution in [3.05, 3.63) is 145 Å². The number of amides is 2. The summed E-state index contributed by atoms with van der Waals surface area (Å²) in [6.45, 7) is 6.74. The number of hydrogen-bond acceptors (Lipinski definition) is 15. The first-order valence-corrected chi connectivity index (χ1v) is 27.4. The minimum absolute atomic E-state index is 0. The van der Waals surface area contributed by atoms with E-state index in [1.165, 1.54) is 25.1 Å². The Morgan fingerprint density at radius 3 is 1.49 bits per heavy atom. The zero-order chi connectivity index (χ0) is 56.7. The van der Waals surface area contributed by atoms with E-state index in [1.807, 2.05) is 47.4 Å². The number of hydrogen-bond donors (Lipinski definition) is 6. The molecule has 0 radical (unpaired) electrons. The number of piperidine rings is 3. The summed E-state index contributed by atoms with van der Waals surface area (Å²) in [6, 6.07) is 30.4. The molecule has 4 unspecified atom stereocenters. The fourth-order valence-corrected chi connectivity index (χ4v) is 11.0. The number of primary amides is 1. The quantitative estimate of drug-likeness (QED) is 0.0703. The molecule has 20 nitrogen and oxygen atoms in total. The van der Waals surface area contributed by atoms with Gasteiger partial charge in [-0.2, -0.15) is 15.3 Å². The average molecular weight is 1130 g/mol. The van der Waals surface area contributed by atoms with Crippen LogP contribution in [0.4, 0.5) is 30.6 Å². The van der Waals surface area contributed by atoms with Gasteiger partial charge in [-0.25, -0.2) is 43.1 Å². The summed E-state index contributed by atoms with van der Waals surface area (Å²) in [5.41, 5.74) is 17.0. The van der Waals surface area contributed by atoms with E-state index in [9.17, 15) is 22.8 Å². The second-order valence-electron chi connectivity index (χ2n) is 20.8. The third-order valence-electron chi connectivity index (χ3n) is 15.3. The van der Waals surface area contributed by atoms with Crippen LogP contribution in [0.1, 0.15) is 68.5 Å². The van der Waals surface area contributed by atoms with Crippen molar-refractivity contribution in [2.45, 2.75) is 51.5 Å². The SMILES string of the molecule is CC(=O)NCC1CCCN(c2ccc(F)c(-c3[nH]nc4ncccc34)n2)C1.NC(=O)C1CCCN(c2ccc(F)c(-c3[nH]nc4ncccc34)n2)C1.NC(c1ccccc1)C1CCCN(c2ccc(F)c(-c3[nH]nc4ncccc34)n2)C1.[HH].[HH].[HH].[HH].[HH].[HH].[HH].[HH]. The van der Waals surface area contributed by atoms with E-state index in [2.05, 4.69) is 87.7 Å². The average Bonchev–Trinajstić information content (AvgIpc) is 1.58. The Kier molecular flexibility index (Phi) is 16.3. The summed E-state index contributed by atoms with van der Waals surface area (Å²) >= 11 is 0. The Labute approximate surface area is 481 Å². The molecule has 0 bridgehead atoms. The minimum Gasteiger partial charge on any atom is -0.369 e. The van der Waals surface area contributed by atoms with Crippen LogP contribution in [0.2, 0.25) is 0 Å². The molecule has 13 rings (SSSR count). The largest absolute Gasteiger partial charge is 0.369 e. The van der Waals surface area contributed by atoms with E-state index in [-0.39, 0.29) is 58.1 Å². The molecular weight excluding hydrogens is 1050 g/mol. The molecule has 0 aliphatic carbocycles. The van der Waals surface area contributed by atoms with Gasteiger partial charge in [-0.15, -0.1) is 0 Å². The standard InChI is InChI=1S/C23H23FN6.C19H21FN6O.C17H17FN6O.8H2/c24-18-10-11-19(27-22(18)21-17-9-4-12-26-23(17)29-28-21)30-13-5-8-16(14-30)20(25)15-6-2-1-3-7-15;1-12(27)22-10-13-4-3-9-26(11-13)16-7-6-15(20)18(23-16)17-14-5-2-8-21-19(14)25-24-17;18-12-5-6-13(24-8-2-3-10(9-24)16(19)25)21-15(12)14-11-4-1-7-20-17(11)23-22-14;;;;;;;;/h1-4,6-7,9-12,16,20H,5,8,13-14,25H2,(H,26,28,29);2,5-8,13H,3-4,9-11H2,1H3,(H,22,27)(H,21,24,25);1,4-7,10H,2-3,8-9H2,(H2,19,25)(H,20,22,23);8*1H. The molecule has 436 valence electrons. The van der Waals surface area contributed by atoms with Gasteiger partial charge in [-0.1, -0.05) is 30.3 Å². The zero-order valence-electron chi connectivity index (χ0n) is 45.0. The number of benzene rings is 1. The van der Waals surface area contributed by atoms with E-state index in [1.54, 1.807) is 48.9 Å². The number of H-pyrrole nitrogens is 3. The second kappa shape index (κ2) is 24.5. The van der Waals surface area contributed by atoms with Gasteiger partial charge in [0.1, 0.15) is 34.5 Å². The van der Waals surface area contributed by atoms with E-state index in [0.717, 1.165) is 99.2 Å². The van der Waals surface area contributed by atoms with Crippen LogP contribution in [0.25, 0.3) is 67.3 Å². The van der Waals surface area contributed by atoms with Gasteiger partial charge in [0.25, 0.3) is 0 Å². The first-order chi connectivity index (χ1) is 39.9. The number of aromatic amines is 3. The lowest BCUT2D eigenvalue weighted by Gasteiger charge is -2.36. The summed E-state index contributed by atoms with van der Waals surface area (Å²) < 4.78 is 43.6. The van der Waals surface area contributed by atoms with Gasteiger partial charge >= 0.3 is 0 Å². The molecule has 10 aromatic rings. The number of pyridine rings is 6. The predicted molar refractivity (Wildman–Crippen MR) is 324 cm³/mol. The lowest BCUT2D eigenvalue weighted by Crippen LogP contribution is -2.41. The minimum atomic E-state index is -0.443. The molecule has 3 aliphatic heterocycles. The van der Waals surface area contributed by atoms with Gasteiger partial charge in [0.2, 0.25) is 11.8 Å². The fourth-order valence-electron chi connectivity index (χ4n) is 11.0. The van der Waals surface area contributed by atoms with E-state index < -0.39 is 11.6 Å². The smallest absolute Gasteiger partial charge is 0.222 e. The first-order valence-electron chi connectivity index (χ1n) is 27.4. The molecule has 3 aliphatic rings. The molecule has 3 saturated heterocycles. The van der Waals surface area contributed by atoms with Gasteiger partial charge in [-0.3, -0.25) is 24.9 Å². The van der Waals surface area contributed by atoms with Crippen molar-refractivity contribution >= 4 is 62.4 Å². The number of nitrogens with zero attached hydrogens (tertiary/aromatic N) is 12. The Bertz CT molecular complexity index is 3890. The Morgan fingerprint density at radius 2 is 1.02 bits per heavy atom. The van der Waals surface area contributed by atoms with E-state index in [0.29, 0.717) is 70.2 Å². The third-order valence-corrected chi connectivity index (χ3v) is 15.3. The van der Waals surface area contributed by atoms with Crippen LogP contribution in [0.3, 0.4) is 0 Å². The maximum atomic E-state index is 14.7. The summed E-state index contributed by atoms with van der Waals surface area (Å²) in [5, 5.41) is 26.1. The van der Waals surface area contributed by atoms with Crippen LogP contribution in [0, 0.1) is 35.2 Å². The van der Waals surface area contributed by atoms with E-state index >= 15 is 0 Å². The van der Waals surface area contributed by atoms with E-state index in [4.69, 9.17) is 11.5 Å². The van der Waals surface area contributed by atoms with Crippen molar-refractivity contribution in [1.29, 1.82) is 0 Å². The molecule has 82 heavy (non-hydrogen) atoms. The number of carbonyl (C=O) groups excluding carboxylic acids is 2. The van der Waals surface area contributed by atoms with Crippen LogP contribution in [-0.4, -0.2) is 118 Å². The number of halogens is 3. The summed E-state index contributed by atoms with van der Waals surface area (Å²) in [5.74, 6) is 1.00. The number of nitrogens with two attached hydrogens (primary N) is 2. The number of aromatic nitrogens is 12. The highest BCUT2D eigenvalue weighted by molar-refractivity contribution is 5.91. The predicted octanol–water partition coefficient (Wildman–Crippen LogP) is 10.4. The second-order valence-corrected chi connectivity index (χ2v) is 20.8. The number of fused-ring (bicyclic) bond motifs is 3. The number of rotatable bonds is 11. The maximum Gasteiger partial charge on any atom is 0.222 e. The van der Waals surface area contributed by atoms with Crippen LogP contribution in [0.15, 0.2) is 122 Å². The Morgan fingerprint density at radius 1 is 0.585 bits per heavy atom. The third kappa shape index (κ3) is 12.0. The zero-order valence-corrected chi connectivity index (χ0v) is 45.0. The van der Waals surface area contributed by atoms with Crippen molar-refractivity contribution in [1.82, 2.24) is 65.8 Å². The maximum absolute atomic E-state index is 14.7. The number of carbonyl (C=O) groups is 2. The molecule has 23 heteroatoms. The lowest BCUT2D eigenvalue weighted by atomic mass is 9.87. The summed E-state index contributed by atoms with van der Waals surface area (Å²) in [4.78, 5) is 55.2. The van der Waals surface area contributed by atoms with Gasteiger partial charge in [0.15, 0.2) is 34.4 Å².